The van der Waals surface area contributed by atoms with Crippen LogP contribution in [0.3, 0.4) is 0 Å². The molecule has 1 atom stereocenters. The topological polar surface area (TPSA) is 50.5 Å². The van der Waals surface area contributed by atoms with Crippen molar-refractivity contribution in [2.75, 3.05) is 13.1 Å². The molecule has 2 aromatic heterocycles. The Morgan fingerprint density at radius 1 is 1.26 bits per heavy atom. The van der Waals surface area contributed by atoms with Crippen molar-refractivity contribution >= 4 is 23.3 Å². The molecule has 3 rings (SSSR count). The quantitative estimate of drug-likeness (QED) is 0.804. The molecule has 0 radical (unpaired) electrons. The number of pyridine rings is 1. The molecule has 1 fully saturated rings. The van der Waals surface area contributed by atoms with E-state index in [1.807, 2.05) is 0 Å². The second kappa shape index (κ2) is 6.03. The van der Waals surface area contributed by atoms with Gasteiger partial charge in [-0.3, -0.25) is 9.20 Å². The third-order valence-electron chi connectivity index (χ3n) is 3.75. The molecule has 3 heterocycles. The molecule has 0 aromatic carbocycles. The number of hydrogen-bond donors (Lipinski definition) is 0. The van der Waals surface area contributed by atoms with Gasteiger partial charge in [-0.25, -0.2) is 0 Å². The average Bonchev–Trinajstić information content (AvgIpc) is 3.15. The summed E-state index contributed by atoms with van der Waals surface area (Å²) in [7, 11) is 0. The van der Waals surface area contributed by atoms with Gasteiger partial charge in [-0.15, -0.1) is 10.2 Å². The Morgan fingerprint density at radius 3 is 2.61 bits per heavy atom. The molecule has 0 bridgehead atoms. The number of fused-ring (bicyclic) bond motifs is 1. The van der Waals surface area contributed by atoms with Crippen LogP contribution in [-0.4, -0.2) is 43.7 Å². The summed E-state index contributed by atoms with van der Waals surface area (Å²) in [6, 6.07) is 2.24. The molecule has 1 unspecified atom stereocenters. The first-order valence-corrected chi connectivity index (χ1v) is 8.11. The highest BCUT2D eigenvalue weighted by atomic mass is 32.2. The number of likely N-dealkylation sites (tertiary alicyclic amines) is 1. The molecular formula is C14H15F3N4OS. The van der Waals surface area contributed by atoms with E-state index in [9.17, 15) is 18.0 Å². The second-order valence-corrected chi connectivity index (χ2v) is 6.73. The number of hydrogen-bond acceptors (Lipinski definition) is 4. The van der Waals surface area contributed by atoms with Gasteiger partial charge in [-0.05, 0) is 31.9 Å². The maximum Gasteiger partial charge on any atom is 0.417 e. The van der Waals surface area contributed by atoms with E-state index in [1.54, 1.807) is 11.8 Å². The van der Waals surface area contributed by atoms with Gasteiger partial charge in [0.1, 0.15) is 0 Å². The molecule has 0 spiro atoms. The van der Waals surface area contributed by atoms with Crippen LogP contribution in [0.25, 0.3) is 5.65 Å². The van der Waals surface area contributed by atoms with Crippen LogP contribution in [0, 0.1) is 0 Å². The summed E-state index contributed by atoms with van der Waals surface area (Å²) >= 11 is 1.12. The van der Waals surface area contributed by atoms with Crippen LogP contribution in [0.5, 0.6) is 0 Å². The van der Waals surface area contributed by atoms with E-state index < -0.39 is 17.0 Å². The van der Waals surface area contributed by atoms with E-state index >= 15 is 0 Å². The SMILES string of the molecule is CC(Sc1nnc2ccc(C(F)(F)F)cn12)C(=O)N1CCCC1. The molecule has 1 amide bonds. The lowest BCUT2D eigenvalue weighted by Crippen LogP contribution is -2.34. The third kappa shape index (κ3) is 3.29. The summed E-state index contributed by atoms with van der Waals surface area (Å²) in [5, 5.41) is 7.62. The highest BCUT2D eigenvalue weighted by Gasteiger charge is 2.31. The highest BCUT2D eigenvalue weighted by molar-refractivity contribution is 8.00. The molecule has 9 heteroatoms. The Labute approximate surface area is 134 Å². The lowest BCUT2D eigenvalue weighted by Gasteiger charge is -2.19. The van der Waals surface area contributed by atoms with Gasteiger partial charge in [0.25, 0.3) is 0 Å². The van der Waals surface area contributed by atoms with E-state index in [4.69, 9.17) is 0 Å². The number of thioether (sulfide) groups is 1. The summed E-state index contributed by atoms with van der Waals surface area (Å²) in [4.78, 5) is 14.1. The largest absolute Gasteiger partial charge is 0.417 e. The van der Waals surface area contributed by atoms with Crippen LogP contribution < -0.4 is 0 Å². The first-order valence-electron chi connectivity index (χ1n) is 7.23. The zero-order chi connectivity index (χ0) is 16.6. The zero-order valence-corrected chi connectivity index (χ0v) is 13.2. The Morgan fingerprint density at radius 2 is 1.96 bits per heavy atom. The van der Waals surface area contributed by atoms with Gasteiger partial charge in [0, 0.05) is 19.3 Å². The summed E-state index contributed by atoms with van der Waals surface area (Å²) in [6.45, 7) is 3.21. The Balaban J connectivity index is 1.83. The fourth-order valence-electron chi connectivity index (χ4n) is 2.52. The molecule has 0 N–H and O–H groups in total. The van der Waals surface area contributed by atoms with Crippen molar-refractivity contribution in [2.45, 2.75) is 36.3 Å². The van der Waals surface area contributed by atoms with Gasteiger partial charge in [-0.1, -0.05) is 11.8 Å². The molecule has 0 aliphatic carbocycles. The minimum Gasteiger partial charge on any atom is -0.342 e. The average molecular weight is 344 g/mol. The Bertz CT molecular complexity index is 724. The number of halogens is 3. The molecule has 5 nitrogen and oxygen atoms in total. The van der Waals surface area contributed by atoms with Crippen molar-refractivity contribution in [3.05, 3.63) is 23.9 Å². The Kier molecular flexibility index (Phi) is 4.22. The second-order valence-electron chi connectivity index (χ2n) is 5.42. The maximum absolute atomic E-state index is 12.8. The van der Waals surface area contributed by atoms with E-state index in [0.717, 1.165) is 50.0 Å². The molecule has 1 saturated heterocycles. The highest BCUT2D eigenvalue weighted by Crippen LogP contribution is 2.31. The first-order chi connectivity index (χ1) is 10.9. The summed E-state index contributed by atoms with van der Waals surface area (Å²) in [5.41, 5.74) is -0.452. The van der Waals surface area contributed by atoms with Gasteiger partial charge in [0.15, 0.2) is 10.8 Å². The smallest absolute Gasteiger partial charge is 0.342 e. The summed E-state index contributed by atoms with van der Waals surface area (Å²) < 4.78 is 39.8. The van der Waals surface area contributed by atoms with Crippen LogP contribution >= 0.6 is 11.8 Å². The minimum absolute atomic E-state index is 0.0174. The van der Waals surface area contributed by atoms with Gasteiger partial charge >= 0.3 is 6.18 Å². The third-order valence-corrected chi connectivity index (χ3v) is 4.79. The number of carbonyl (C=O) groups excluding carboxylic acids is 1. The lowest BCUT2D eigenvalue weighted by atomic mass is 10.3. The number of aromatic nitrogens is 3. The fourth-order valence-corrected chi connectivity index (χ4v) is 3.43. The van der Waals surface area contributed by atoms with E-state index in [2.05, 4.69) is 10.2 Å². The summed E-state index contributed by atoms with van der Waals surface area (Å²) in [6.07, 6.45) is -1.49. The van der Waals surface area contributed by atoms with E-state index in [1.165, 1.54) is 10.5 Å². The van der Waals surface area contributed by atoms with Gasteiger partial charge in [0.05, 0.1) is 10.8 Å². The number of amides is 1. The molecule has 124 valence electrons. The van der Waals surface area contributed by atoms with Crippen LogP contribution in [0.1, 0.15) is 25.3 Å². The van der Waals surface area contributed by atoms with Gasteiger partial charge in [0.2, 0.25) is 5.91 Å². The fraction of sp³-hybridized carbons (Fsp3) is 0.500. The van der Waals surface area contributed by atoms with Crippen molar-refractivity contribution in [2.24, 2.45) is 0 Å². The maximum atomic E-state index is 12.8. The molecule has 0 saturated carbocycles. The monoisotopic (exact) mass is 344 g/mol. The minimum atomic E-state index is -4.43. The van der Waals surface area contributed by atoms with Crippen LogP contribution in [0.2, 0.25) is 0 Å². The standard InChI is InChI=1S/C14H15F3N4OS/c1-9(12(22)20-6-2-3-7-20)23-13-19-18-11-5-4-10(8-21(11)13)14(15,16)17/h4-5,8-9H,2-3,6-7H2,1H3. The van der Waals surface area contributed by atoms with Crippen molar-refractivity contribution in [3.8, 4) is 0 Å². The lowest BCUT2D eigenvalue weighted by molar-refractivity contribution is -0.138. The zero-order valence-electron chi connectivity index (χ0n) is 12.4. The number of alkyl halides is 3. The predicted molar refractivity (Wildman–Crippen MR) is 79.1 cm³/mol. The molecule has 23 heavy (non-hydrogen) atoms. The Hall–Kier alpha value is -1.77. The normalized spacial score (nSPS) is 17.0. The van der Waals surface area contributed by atoms with Crippen molar-refractivity contribution in [1.82, 2.24) is 19.5 Å². The number of rotatable bonds is 3. The van der Waals surface area contributed by atoms with Gasteiger partial charge < -0.3 is 4.90 Å². The molecule has 1 aliphatic rings. The molecule has 2 aromatic rings. The van der Waals surface area contributed by atoms with E-state index in [0.29, 0.717) is 5.65 Å². The first kappa shape index (κ1) is 16.1. The number of nitrogens with zero attached hydrogens (tertiary/aromatic N) is 4. The van der Waals surface area contributed by atoms with Crippen molar-refractivity contribution in [1.29, 1.82) is 0 Å². The van der Waals surface area contributed by atoms with Crippen LogP contribution in [0.4, 0.5) is 13.2 Å². The van der Waals surface area contributed by atoms with Crippen LogP contribution in [0.15, 0.2) is 23.5 Å². The van der Waals surface area contributed by atoms with Gasteiger partial charge in [-0.2, -0.15) is 13.2 Å². The number of carbonyl (C=O) groups is 1. The predicted octanol–water partition coefficient (Wildman–Crippen LogP) is 2.85. The van der Waals surface area contributed by atoms with Crippen molar-refractivity contribution in [3.63, 3.8) is 0 Å². The van der Waals surface area contributed by atoms with Crippen LogP contribution in [-0.2, 0) is 11.0 Å². The van der Waals surface area contributed by atoms with E-state index in [-0.39, 0.29) is 11.1 Å². The molecular weight excluding hydrogens is 329 g/mol. The van der Waals surface area contributed by atoms with Crippen molar-refractivity contribution < 1.29 is 18.0 Å². The molecule has 1 aliphatic heterocycles. The summed E-state index contributed by atoms with van der Waals surface area (Å²) in [5.74, 6) is -0.0174.